The van der Waals surface area contributed by atoms with E-state index in [1.165, 1.54) is 0 Å². The van der Waals surface area contributed by atoms with Crippen molar-refractivity contribution in [3.05, 3.63) is 60.1 Å². The number of aromatic nitrogens is 3. The first-order valence-corrected chi connectivity index (χ1v) is 12.1. The van der Waals surface area contributed by atoms with Crippen molar-refractivity contribution in [3.8, 4) is 34.1 Å². The second-order valence-electron chi connectivity index (χ2n) is 9.56. The van der Waals surface area contributed by atoms with E-state index in [2.05, 4.69) is 34.9 Å². The van der Waals surface area contributed by atoms with Gasteiger partial charge < -0.3 is 23.5 Å². The fourth-order valence-electron chi connectivity index (χ4n) is 5.94. The molecule has 1 saturated carbocycles. The molecule has 174 valence electrons. The van der Waals surface area contributed by atoms with Gasteiger partial charge in [0.05, 0.1) is 24.6 Å². The minimum atomic E-state index is -0.422. The Kier molecular flexibility index (Phi) is 4.57. The van der Waals surface area contributed by atoms with Crippen LogP contribution in [0.3, 0.4) is 0 Å². The van der Waals surface area contributed by atoms with Gasteiger partial charge in [-0.05, 0) is 49.6 Å². The predicted octanol–water partition coefficient (Wildman–Crippen LogP) is 4.85. The number of aryl methyl sites for hydroxylation is 1. The first-order valence-electron chi connectivity index (χ1n) is 12.1. The van der Waals surface area contributed by atoms with Gasteiger partial charge in [-0.15, -0.1) is 0 Å². The van der Waals surface area contributed by atoms with Crippen LogP contribution in [-0.4, -0.2) is 40.3 Å². The normalized spacial score (nSPS) is 24.1. The molecule has 0 amide bonds. The van der Waals surface area contributed by atoms with E-state index in [9.17, 15) is 0 Å². The van der Waals surface area contributed by atoms with Gasteiger partial charge >= 0.3 is 0 Å². The number of hydrogen-bond acceptors (Lipinski definition) is 6. The minimum absolute atomic E-state index is 0.258. The van der Waals surface area contributed by atoms with E-state index in [0.29, 0.717) is 25.0 Å². The molecule has 0 bridgehead atoms. The van der Waals surface area contributed by atoms with Gasteiger partial charge in [0.1, 0.15) is 11.5 Å². The van der Waals surface area contributed by atoms with Crippen molar-refractivity contribution in [3.63, 3.8) is 0 Å². The number of benzene rings is 1. The summed E-state index contributed by atoms with van der Waals surface area (Å²) in [4.78, 5) is 10.1. The number of pyridine rings is 1. The highest BCUT2D eigenvalue weighted by Crippen LogP contribution is 2.49. The number of allylic oxidation sites excluding steroid dienone is 2. The SMILES string of the molecule is Cc1cccc(-c2nc3n(c2-c2ccc4c(c2)OCO4)CC=C[C@H]2CC4(CC[C@H]32)OCCO4)n1. The Morgan fingerprint density at radius 1 is 1.03 bits per heavy atom. The lowest BCUT2D eigenvalue weighted by atomic mass is 9.75. The molecule has 34 heavy (non-hydrogen) atoms. The number of ether oxygens (including phenoxy) is 4. The molecule has 2 atom stereocenters. The maximum absolute atomic E-state index is 6.06. The van der Waals surface area contributed by atoms with Crippen molar-refractivity contribution in [2.75, 3.05) is 20.0 Å². The Labute approximate surface area is 198 Å². The molecule has 2 fully saturated rings. The molecule has 7 nitrogen and oxygen atoms in total. The highest BCUT2D eigenvalue weighted by atomic mass is 16.7. The maximum Gasteiger partial charge on any atom is 0.231 e. The molecular formula is C27H27N3O4. The van der Waals surface area contributed by atoms with Crippen LogP contribution < -0.4 is 9.47 Å². The van der Waals surface area contributed by atoms with Crippen molar-refractivity contribution in [1.82, 2.24) is 14.5 Å². The Bertz CT molecular complexity index is 1290. The predicted molar refractivity (Wildman–Crippen MR) is 126 cm³/mol. The second-order valence-corrected chi connectivity index (χ2v) is 9.56. The summed E-state index contributed by atoms with van der Waals surface area (Å²) >= 11 is 0. The van der Waals surface area contributed by atoms with E-state index in [1.807, 2.05) is 25.1 Å². The zero-order valence-electron chi connectivity index (χ0n) is 19.2. The largest absolute Gasteiger partial charge is 0.454 e. The number of fused-ring (bicyclic) bond motifs is 4. The molecule has 7 rings (SSSR count). The summed E-state index contributed by atoms with van der Waals surface area (Å²) in [5, 5.41) is 0. The first-order chi connectivity index (χ1) is 16.7. The van der Waals surface area contributed by atoms with E-state index in [1.54, 1.807) is 0 Å². The van der Waals surface area contributed by atoms with Crippen molar-refractivity contribution < 1.29 is 18.9 Å². The van der Waals surface area contributed by atoms with Crippen LogP contribution in [0.1, 0.15) is 36.7 Å². The Morgan fingerprint density at radius 3 is 2.79 bits per heavy atom. The quantitative estimate of drug-likeness (QED) is 0.513. The van der Waals surface area contributed by atoms with E-state index < -0.39 is 5.79 Å². The molecule has 1 aliphatic carbocycles. The van der Waals surface area contributed by atoms with Crippen LogP contribution in [0.15, 0.2) is 48.6 Å². The average Bonchev–Trinajstić information content (AvgIpc) is 3.56. The molecule has 5 heterocycles. The standard InChI is InChI=1S/C27H27N3O4/c1-17-4-2-6-21(28-17)24-25(18-7-8-22-23(14-18)32-16-31-22)30-11-3-5-19-15-27(33-12-13-34-27)10-9-20(19)26(30)29-24/h2-8,14,19-20H,9-13,15-16H2,1H3/t19-,20-/m0/s1. The smallest absolute Gasteiger partial charge is 0.231 e. The van der Waals surface area contributed by atoms with Crippen LogP contribution in [0, 0.1) is 12.8 Å². The van der Waals surface area contributed by atoms with E-state index >= 15 is 0 Å². The summed E-state index contributed by atoms with van der Waals surface area (Å²) in [6.45, 7) is 4.42. The van der Waals surface area contributed by atoms with Gasteiger partial charge in [-0.25, -0.2) is 4.98 Å². The van der Waals surface area contributed by atoms with Crippen LogP contribution in [0.4, 0.5) is 0 Å². The van der Waals surface area contributed by atoms with Gasteiger partial charge in [0.2, 0.25) is 6.79 Å². The molecule has 3 aliphatic heterocycles. The average molecular weight is 458 g/mol. The molecule has 1 aromatic carbocycles. The minimum Gasteiger partial charge on any atom is -0.454 e. The molecule has 0 N–H and O–H groups in total. The van der Waals surface area contributed by atoms with Crippen molar-refractivity contribution in [2.45, 2.75) is 44.4 Å². The topological polar surface area (TPSA) is 67.6 Å². The van der Waals surface area contributed by atoms with Gasteiger partial charge in [-0.2, -0.15) is 0 Å². The summed E-state index contributed by atoms with van der Waals surface area (Å²) in [5.41, 5.74) is 4.92. The molecule has 3 aromatic rings. The van der Waals surface area contributed by atoms with Crippen LogP contribution in [0.5, 0.6) is 11.5 Å². The van der Waals surface area contributed by atoms with Crippen LogP contribution >= 0.6 is 0 Å². The fraction of sp³-hybridized carbons (Fsp3) is 0.407. The first kappa shape index (κ1) is 20.2. The molecular weight excluding hydrogens is 430 g/mol. The monoisotopic (exact) mass is 457 g/mol. The summed E-state index contributed by atoms with van der Waals surface area (Å²) in [5.74, 6) is 2.89. The molecule has 4 aliphatic rings. The van der Waals surface area contributed by atoms with E-state index in [-0.39, 0.29) is 6.79 Å². The van der Waals surface area contributed by atoms with E-state index in [4.69, 9.17) is 28.9 Å². The van der Waals surface area contributed by atoms with Crippen LogP contribution in [0.2, 0.25) is 0 Å². The van der Waals surface area contributed by atoms with Gasteiger partial charge in [-0.3, -0.25) is 4.98 Å². The van der Waals surface area contributed by atoms with Crippen molar-refractivity contribution in [2.24, 2.45) is 5.92 Å². The lowest BCUT2D eigenvalue weighted by Crippen LogP contribution is -2.39. The maximum atomic E-state index is 6.06. The second kappa shape index (κ2) is 7.68. The highest BCUT2D eigenvalue weighted by molar-refractivity contribution is 5.79. The number of nitrogens with zero attached hydrogens (tertiary/aromatic N) is 3. The zero-order valence-corrected chi connectivity index (χ0v) is 19.2. The van der Waals surface area contributed by atoms with Gasteiger partial charge in [0, 0.05) is 36.6 Å². The lowest BCUT2D eigenvalue weighted by molar-refractivity contribution is -0.186. The third-order valence-corrected chi connectivity index (χ3v) is 7.49. The molecule has 2 aromatic heterocycles. The number of imidazole rings is 1. The Hall–Kier alpha value is -3.16. The summed E-state index contributed by atoms with van der Waals surface area (Å²) in [7, 11) is 0. The van der Waals surface area contributed by atoms with Crippen molar-refractivity contribution in [1.29, 1.82) is 0 Å². The molecule has 0 unspecified atom stereocenters. The summed E-state index contributed by atoms with van der Waals surface area (Å²) < 4.78 is 25.8. The fourth-order valence-corrected chi connectivity index (χ4v) is 5.94. The molecule has 1 spiro atoms. The van der Waals surface area contributed by atoms with Crippen LogP contribution in [0.25, 0.3) is 22.6 Å². The molecule has 7 heteroatoms. The third-order valence-electron chi connectivity index (χ3n) is 7.49. The molecule has 0 radical (unpaired) electrons. The van der Waals surface area contributed by atoms with Crippen molar-refractivity contribution >= 4 is 0 Å². The Balaban J connectivity index is 1.38. The third kappa shape index (κ3) is 3.18. The summed E-state index contributed by atoms with van der Waals surface area (Å²) in [6, 6.07) is 12.3. The summed E-state index contributed by atoms with van der Waals surface area (Å²) in [6.07, 6.45) is 7.37. The lowest BCUT2D eigenvalue weighted by Gasteiger charge is -2.39. The zero-order chi connectivity index (χ0) is 22.7. The highest BCUT2D eigenvalue weighted by Gasteiger charge is 2.46. The van der Waals surface area contributed by atoms with Gasteiger partial charge in [-0.1, -0.05) is 18.2 Å². The Morgan fingerprint density at radius 2 is 1.91 bits per heavy atom. The molecule has 1 saturated heterocycles. The van der Waals surface area contributed by atoms with Gasteiger partial charge in [0.15, 0.2) is 17.3 Å². The number of hydrogen-bond donors (Lipinski definition) is 0. The van der Waals surface area contributed by atoms with E-state index in [0.717, 1.165) is 71.5 Å². The van der Waals surface area contributed by atoms with Crippen LogP contribution in [-0.2, 0) is 16.0 Å². The van der Waals surface area contributed by atoms with Gasteiger partial charge in [0.25, 0.3) is 0 Å². The number of rotatable bonds is 2.